The molecule has 1 aliphatic rings. The van der Waals surface area contributed by atoms with Crippen molar-refractivity contribution in [3.8, 4) is 17.4 Å². The van der Waals surface area contributed by atoms with E-state index in [-0.39, 0.29) is 12.8 Å². The van der Waals surface area contributed by atoms with Crippen molar-refractivity contribution in [3.05, 3.63) is 41.9 Å². The molecule has 0 fully saturated rings. The average molecular weight is 287 g/mol. The molecule has 6 heteroatoms. The minimum absolute atomic E-state index is 0.124. The van der Waals surface area contributed by atoms with Crippen LogP contribution in [0.3, 0.4) is 0 Å². The predicted octanol–water partition coefficient (Wildman–Crippen LogP) is 1.72. The Bertz CT molecular complexity index is 633. The number of hydrogen-bond acceptors (Lipinski definition) is 6. The van der Waals surface area contributed by atoms with Crippen molar-refractivity contribution in [1.29, 1.82) is 0 Å². The van der Waals surface area contributed by atoms with Crippen molar-refractivity contribution in [3.63, 3.8) is 0 Å². The summed E-state index contributed by atoms with van der Waals surface area (Å²) in [6, 6.07) is 7.94. The van der Waals surface area contributed by atoms with Gasteiger partial charge in [-0.05, 0) is 24.7 Å². The van der Waals surface area contributed by atoms with E-state index in [0.29, 0.717) is 5.88 Å². The van der Waals surface area contributed by atoms with Crippen LogP contribution in [0, 0.1) is 0 Å². The third kappa shape index (κ3) is 2.90. The van der Waals surface area contributed by atoms with Gasteiger partial charge in [-0.15, -0.1) is 0 Å². The molecule has 1 aliphatic heterocycles. The standard InChI is InChI=1S/C15H17N3O3/c1-16-12(6-11-7-15(19-2)18-8-17-11)10-3-4-13-14(5-10)21-9-20-13/h3-5,7-8,12,16H,6,9H2,1-2H3. The molecule has 6 nitrogen and oxygen atoms in total. The number of aromatic nitrogens is 2. The maximum absolute atomic E-state index is 5.42. The first-order chi connectivity index (χ1) is 10.3. The number of likely N-dealkylation sites (N-methyl/N-ethyl adjacent to an activating group) is 1. The van der Waals surface area contributed by atoms with E-state index >= 15 is 0 Å². The van der Waals surface area contributed by atoms with Crippen molar-refractivity contribution in [2.45, 2.75) is 12.5 Å². The highest BCUT2D eigenvalue weighted by atomic mass is 16.7. The van der Waals surface area contributed by atoms with E-state index in [1.807, 2.05) is 31.3 Å². The van der Waals surface area contributed by atoms with Crippen LogP contribution in [0.5, 0.6) is 17.4 Å². The second-order valence-electron chi connectivity index (χ2n) is 4.71. The van der Waals surface area contributed by atoms with E-state index in [4.69, 9.17) is 14.2 Å². The SMILES string of the molecule is CNC(Cc1cc(OC)ncn1)c1ccc2c(c1)OCO2. The predicted molar refractivity (Wildman–Crippen MR) is 76.7 cm³/mol. The fourth-order valence-corrected chi connectivity index (χ4v) is 2.33. The Morgan fingerprint density at radius 2 is 2.10 bits per heavy atom. The number of ether oxygens (including phenoxy) is 3. The van der Waals surface area contributed by atoms with E-state index in [1.165, 1.54) is 6.33 Å². The normalized spacial score (nSPS) is 14.0. The highest BCUT2D eigenvalue weighted by Crippen LogP contribution is 2.34. The number of fused-ring (bicyclic) bond motifs is 1. The number of benzene rings is 1. The number of rotatable bonds is 5. The first-order valence-corrected chi connectivity index (χ1v) is 6.72. The van der Waals surface area contributed by atoms with E-state index in [2.05, 4.69) is 15.3 Å². The van der Waals surface area contributed by atoms with Crippen LogP contribution in [0.4, 0.5) is 0 Å². The summed E-state index contributed by atoms with van der Waals surface area (Å²) >= 11 is 0. The Kier molecular flexibility index (Phi) is 3.87. The maximum atomic E-state index is 5.42. The van der Waals surface area contributed by atoms with Gasteiger partial charge in [0.2, 0.25) is 12.7 Å². The van der Waals surface area contributed by atoms with Gasteiger partial charge in [-0.25, -0.2) is 9.97 Å². The summed E-state index contributed by atoms with van der Waals surface area (Å²) in [6.07, 6.45) is 2.25. The second-order valence-corrected chi connectivity index (χ2v) is 4.71. The van der Waals surface area contributed by atoms with Crippen LogP contribution in [-0.4, -0.2) is 30.9 Å². The molecule has 1 aromatic heterocycles. The van der Waals surface area contributed by atoms with Gasteiger partial charge in [0.1, 0.15) is 6.33 Å². The Morgan fingerprint density at radius 3 is 2.90 bits per heavy atom. The van der Waals surface area contributed by atoms with Gasteiger partial charge in [-0.2, -0.15) is 0 Å². The lowest BCUT2D eigenvalue weighted by molar-refractivity contribution is 0.174. The molecule has 2 aromatic rings. The third-order valence-electron chi connectivity index (χ3n) is 3.47. The van der Waals surface area contributed by atoms with E-state index in [0.717, 1.165) is 29.2 Å². The Morgan fingerprint density at radius 1 is 1.24 bits per heavy atom. The Balaban J connectivity index is 1.81. The van der Waals surface area contributed by atoms with Crippen molar-refractivity contribution in [2.75, 3.05) is 21.0 Å². The van der Waals surface area contributed by atoms with Crippen LogP contribution in [0.15, 0.2) is 30.6 Å². The summed E-state index contributed by atoms with van der Waals surface area (Å²) in [7, 11) is 3.52. The van der Waals surface area contributed by atoms with Gasteiger partial charge in [-0.3, -0.25) is 0 Å². The molecule has 1 aromatic carbocycles. The molecule has 3 rings (SSSR count). The molecule has 1 unspecified atom stereocenters. The summed E-state index contributed by atoms with van der Waals surface area (Å²) in [5, 5.41) is 3.30. The van der Waals surface area contributed by atoms with Crippen molar-refractivity contribution >= 4 is 0 Å². The summed E-state index contributed by atoms with van der Waals surface area (Å²) in [5.41, 5.74) is 2.04. The number of hydrogen-bond donors (Lipinski definition) is 1. The summed E-state index contributed by atoms with van der Waals surface area (Å²) in [6.45, 7) is 0.284. The van der Waals surface area contributed by atoms with Gasteiger partial charge >= 0.3 is 0 Å². The molecule has 0 bridgehead atoms. The molecule has 1 atom stereocenters. The van der Waals surface area contributed by atoms with E-state index < -0.39 is 0 Å². The highest BCUT2D eigenvalue weighted by Gasteiger charge is 2.18. The van der Waals surface area contributed by atoms with Crippen LogP contribution in [0.2, 0.25) is 0 Å². The Labute approximate surface area is 123 Å². The zero-order valence-corrected chi connectivity index (χ0v) is 12.0. The first kappa shape index (κ1) is 13.6. The van der Waals surface area contributed by atoms with Gasteiger partial charge in [0.25, 0.3) is 0 Å². The van der Waals surface area contributed by atoms with Gasteiger partial charge < -0.3 is 19.5 Å². The fourth-order valence-electron chi connectivity index (χ4n) is 2.33. The molecule has 110 valence electrons. The van der Waals surface area contributed by atoms with Gasteiger partial charge in [0.15, 0.2) is 11.5 Å². The number of methoxy groups -OCH3 is 1. The van der Waals surface area contributed by atoms with Crippen LogP contribution >= 0.6 is 0 Å². The zero-order chi connectivity index (χ0) is 14.7. The average Bonchev–Trinajstić information content (AvgIpc) is 3.00. The van der Waals surface area contributed by atoms with Crippen LogP contribution < -0.4 is 19.5 Å². The Hall–Kier alpha value is -2.34. The van der Waals surface area contributed by atoms with Crippen molar-refractivity contribution < 1.29 is 14.2 Å². The topological polar surface area (TPSA) is 65.5 Å². The van der Waals surface area contributed by atoms with Gasteiger partial charge in [0, 0.05) is 24.2 Å². The van der Waals surface area contributed by atoms with E-state index in [9.17, 15) is 0 Å². The molecule has 0 amide bonds. The molecule has 2 heterocycles. The fraction of sp³-hybridized carbons (Fsp3) is 0.333. The molecular weight excluding hydrogens is 270 g/mol. The molecule has 0 aliphatic carbocycles. The molecule has 21 heavy (non-hydrogen) atoms. The minimum Gasteiger partial charge on any atom is -0.481 e. The van der Waals surface area contributed by atoms with Crippen molar-refractivity contribution in [2.24, 2.45) is 0 Å². The maximum Gasteiger partial charge on any atom is 0.231 e. The summed E-state index contributed by atoms with van der Waals surface area (Å²) in [5.74, 6) is 2.14. The lowest BCUT2D eigenvalue weighted by atomic mass is 10.0. The number of nitrogens with one attached hydrogen (secondary N) is 1. The van der Waals surface area contributed by atoms with Gasteiger partial charge in [0.05, 0.1) is 7.11 Å². The monoisotopic (exact) mass is 287 g/mol. The lowest BCUT2D eigenvalue weighted by Crippen LogP contribution is -2.19. The largest absolute Gasteiger partial charge is 0.481 e. The quantitative estimate of drug-likeness (QED) is 0.903. The first-order valence-electron chi connectivity index (χ1n) is 6.72. The molecule has 0 radical (unpaired) electrons. The third-order valence-corrected chi connectivity index (χ3v) is 3.47. The second kappa shape index (κ2) is 5.97. The molecule has 1 N–H and O–H groups in total. The summed E-state index contributed by atoms with van der Waals surface area (Å²) < 4.78 is 15.9. The van der Waals surface area contributed by atoms with E-state index in [1.54, 1.807) is 7.11 Å². The molecular formula is C15H17N3O3. The lowest BCUT2D eigenvalue weighted by Gasteiger charge is -2.16. The summed E-state index contributed by atoms with van der Waals surface area (Å²) in [4.78, 5) is 8.31. The highest BCUT2D eigenvalue weighted by molar-refractivity contribution is 5.45. The minimum atomic E-state index is 0.124. The van der Waals surface area contributed by atoms with Crippen LogP contribution in [0.1, 0.15) is 17.3 Å². The van der Waals surface area contributed by atoms with Crippen LogP contribution in [-0.2, 0) is 6.42 Å². The zero-order valence-electron chi connectivity index (χ0n) is 12.0. The van der Waals surface area contributed by atoms with Gasteiger partial charge in [-0.1, -0.05) is 6.07 Å². The van der Waals surface area contributed by atoms with Crippen molar-refractivity contribution in [1.82, 2.24) is 15.3 Å². The molecule has 0 spiro atoms. The molecule has 0 saturated heterocycles. The number of nitrogens with zero attached hydrogens (tertiary/aromatic N) is 2. The van der Waals surface area contributed by atoms with Crippen LogP contribution in [0.25, 0.3) is 0 Å². The smallest absolute Gasteiger partial charge is 0.231 e. The molecule has 0 saturated carbocycles.